The molecule has 1 atom stereocenters. The van der Waals surface area contributed by atoms with Gasteiger partial charge in [0.1, 0.15) is 0 Å². The van der Waals surface area contributed by atoms with Crippen LogP contribution in [0.5, 0.6) is 0 Å². The second-order valence-corrected chi connectivity index (χ2v) is 5.93. The van der Waals surface area contributed by atoms with E-state index in [1.54, 1.807) is 0 Å². The first-order chi connectivity index (χ1) is 9.17. The van der Waals surface area contributed by atoms with E-state index in [1.807, 2.05) is 25.1 Å². The zero-order valence-electron chi connectivity index (χ0n) is 12.0. The van der Waals surface area contributed by atoms with Gasteiger partial charge in [-0.2, -0.15) is 0 Å². The molecule has 0 aromatic heterocycles. The maximum Gasteiger partial charge on any atom is 0.192 e. The second-order valence-electron chi connectivity index (χ2n) is 4.95. The lowest BCUT2D eigenvalue weighted by Gasteiger charge is -2.09. The van der Waals surface area contributed by atoms with Crippen LogP contribution in [0.15, 0.2) is 30.8 Å². The summed E-state index contributed by atoms with van der Waals surface area (Å²) in [4.78, 5) is 12.0. The molecule has 0 heterocycles. The summed E-state index contributed by atoms with van der Waals surface area (Å²) in [6.07, 6.45) is 6.46. The molecule has 1 unspecified atom stereocenters. The maximum atomic E-state index is 12.0. The van der Waals surface area contributed by atoms with Crippen LogP contribution in [0, 0.1) is 5.92 Å². The third kappa shape index (κ3) is 6.11. The molecule has 0 radical (unpaired) electrons. The van der Waals surface area contributed by atoms with Crippen LogP contribution in [0.4, 0.5) is 0 Å². The van der Waals surface area contributed by atoms with Gasteiger partial charge in [0.15, 0.2) is 5.12 Å². The molecule has 0 saturated heterocycles. The Kier molecular flexibility index (Phi) is 7.57. The van der Waals surface area contributed by atoms with Gasteiger partial charge >= 0.3 is 0 Å². The van der Waals surface area contributed by atoms with E-state index in [0.29, 0.717) is 5.12 Å². The van der Waals surface area contributed by atoms with E-state index in [-0.39, 0.29) is 5.92 Å². The average molecular weight is 276 g/mol. The molecular formula is C17H24OS. The van der Waals surface area contributed by atoms with E-state index in [4.69, 9.17) is 0 Å². The minimum Gasteiger partial charge on any atom is -0.287 e. The molecule has 19 heavy (non-hydrogen) atoms. The Hall–Kier alpha value is -1.02. The lowest BCUT2D eigenvalue weighted by molar-refractivity contribution is -0.114. The van der Waals surface area contributed by atoms with Crippen molar-refractivity contribution >= 4 is 23.0 Å². The number of carbonyl (C=O) groups excluding carboxylic acids is 1. The van der Waals surface area contributed by atoms with Crippen molar-refractivity contribution in [2.75, 3.05) is 0 Å². The van der Waals surface area contributed by atoms with Crippen molar-refractivity contribution < 1.29 is 4.79 Å². The van der Waals surface area contributed by atoms with E-state index < -0.39 is 0 Å². The molecule has 0 amide bonds. The smallest absolute Gasteiger partial charge is 0.192 e. The predicted molar refractivity (Wildman–Crippen MR) is 86.1 cm³/mol. The topological polar surface area (TPSA) is 17.1 Å². The number of carbonyl (C=O) groups is 1. The molecule has 1 nitrogen and oxygen atoms in total. The first-order valence-electron chi connectivity index (χ1n) is 7.05. The van der Waals surface area contributed by atoms with Gasteiger partial charge in [-0.15, -0.1) is 0 Å². The zero-order chi connectivity index (χ0) is 14.1. The Bertz CT molecular complexity index is 394. The highest BCUT2D eigenvalue weighted by Crippen LogP contribution is 2.21. The highest BCUT2D eigenvalue weighted by Gasteiger charge is 2.12. The molecule has 0 aliphatic carbocycles. The Balaban J connectivity index is 2.33. The van der Waals surface area contributed by atoms with Crippen LogP contribution in [0.3, 0.4) is 0 Å². The second kappa shape index (κ2) is 8.98. The standard InChI is InChI=1S/C17H24OS/c1-4-6-7-8-14(3)17(18)19-13-16-11-9-15(5-2)10-12-16/h5,9-12,14H,2,4,6-8,13H2,1,3H3. The maximum absolute atomic E-state index is 12.0. The average Bonchev–Trinajstić information content (AvgIpc) is 2.45. The molecule has 0 saturated carbocycles. The van der Waals surface area contributed by atoms with Crippen LogP contribution in [-0.4, -0.2) is 5.12 Å². The minimum absolute atomic E-state index is 0.184. The molecule has 104 valence electrons. The van der Waals surface area contributed by atoms with Gasteiger partial charge < -0.3 is 0 Å². The van der Waals surface area contributed by atoms with Gasteiger partial charge in [-0.1, -0.05) is 81.8 Å². The van der Waals surface area contributed by atoms with Crippen molar-refractivity contribution in [1.82, 2.24) is 0 Å². The highest BCUT2D eigenvalue weighted by molar-refractivity contribution is 8.13. The molecule has 1 rings (SSSR count). The number of benzene rings is 1. The van der Waals surface area contributed by atoms with E-state index in [0.717, 1.165) is 24.2 Å². The van der Waals surface area contributed by atoms with E-state index >= 15 is 0 Å². The van der Waals surface area contributed by atoms with Crippen LogP contribution < -0.4 is 0 Å². The fourth-order valence-electron chi connectivity index (χ4n) is 1.87. The van der Waals surface area contributed by atoms with Crippen molar-refractivity contribution in [2.24, 2.45) is 5.92 Å². The lowest BCUT2D eigenvalue weighted by atomic mass is 10.1. The van der Waals surface area contributed by atoms with Gasteiger partial charge in [-0.25, -0.2) is 0 Å². The van der Waals surface area contributed by atoms with Crippen molar-refractivity contribution in [3.8, 4) is 0 Å². The van der Waals surface area contributed by atoms with Gasteiger partial charge in [-0.3, -0.25) is 4.79 Å². The molecule has 0 aliphatic rings. The van der Waals surface area contributed by atoms with Gasteiger partial charge in [0.05, 0.1) is 0 Å². The van der Waals surface area contributed by atoms with Crippen molar-refractivity contribution in [3.05, 3.63) is 42.0 Å². The number of unbranched alkanes of at least 4 members (excludes halogenated alkanes) is 2. The SMILES string of the molecule is C=Cc1ccc(CSC(=O)C(C)CCCCC)cc1. The van der Waals surface area contributed by atoms with Gasteiger partial charge in [-0.05, 0) is 17.5 Å². The third-order valence-electron chi connectivity index (χ3n) is 3.24. The van der Waals surface area contributed by atoms with Gasteiger partial charge in [0.2, 0.25) is 0 Å². The largest absolute Gasteiger partial charge is 0.287 e. The number of hydrogen-bond donors (Lipinski definition) is 0. The van der Waals surface area contributed by atoms with E-state index in [9.17, 15) is 4.79 Å². The summed E-state index contributed by atoms with van der Waals surface area (Å²) in [7, 11) is 0. The summed E-state index contributed by atoms with van der Waals surface area (Å²) < 4.78 is 0. The summed E-state index contributed by atoms with van der Waals surface area (Å²) in [6.45, 7) is 7.97. The van der Waals surface area contributed by atoms with E-state index in [2.05, 4.69) is 25.6 Å². The molecule has 0 aliphatic heterocycles. The molecule has 1 aromatic carbocycles. The summed E-state index contributed by atoms with van der Waals surface area (Å²) >= 11 is 1.44. The molecule has 0 fully saturated rings. The van der Waals surface area contributed by atoms with Gasteiger partial charge in [0, 0.05) is 11.7 Å². The summed E-state index contributed by atoms with van der Waals surface area (Å²) in [5.41, 5.74) is 2.32. The fourth-order valence-corrected chi connectivity index (χ4v) is 2.77. The van der Waals surface area contributed by atoms with Crippen molar-refractivity contribution in [2.45, 2.75) is 45.3 Å². The van der Waals surface area contributed by atoms with Crippen LogP contribution in [0.25, 0.3) is 6.08 Å². The lowest BCUT2D eigenvalue weighted by Crippen LogP contribution is -2.07. The Morgan fingerprint density at radius 1 is 1.32 bits per heavy atom. The third-order valence-corrected chi connectivity index (χ3v) is 4.40. The summed E-state index contributed by atoms with van der Waals surface area (Å²) in [5.74, 6) is 0.956. The van der Waals surface area contributed by atoms with Crippen molar-refractivity contribution in [3.63, 3.8) is 0 Å². The molecule has 0 bridgehead atoms. The Morgan fingerprint density at radius 2 is 2.00 bits per heavy atom. The predicted octanol–water partition coefficient (Wildman–Crippen LogP) is 5.31. The first-order valence-corrected chi connectivity index (χ1v) is 8.04. The zero-order valence-corrected chi connectivity index (χ0v) is 12.8. The summed E-state index contributed by atoms with van der Waals surface area (Å²) in [5, 5.41) is 0.323. The summed E-state index contributed by atoms with van der Waals surface area (Å²) in [6, 6.07) is 8.22. The van der Waals surface area contributed by atoms with Crippen LogP contribution in [0.1, 0.15) is 50.7 Å². The fraction of sp³-hybridized carbons (Fsp3) is 0.471. The number of rotatable bonds is 8. The monoisotopic (exact) mass is 276 g/mol. The molecule has 0 spiro atoms. The first kappa shape index (κ1) is 16.0. The number of hydrogen-bond acceptors (Lipinski definition) is 2. The molecule has 1 aromatic rings. The quantitative estimate of drug-likeness (QED) is 0.599. The number of thioether (sulfide) groups is 1. The highest BCUT2D eigenvalue weighted by atomic mass is 32.2. The Labute approximate surface area is 121 Å². The molecule has 2 heteroatoms. The molecule has 0 N–H and O–H groups in total. The van der Waals surface area contributed by atoms with Crippen LogP contribution in [0.2, 0.25) is 0 Å². The van der Waals surface area contributed by atoms with Crippen LogP contribution in [-0.2, 0) is 10.5 Å². The Morgan fingerprint density at radius 3 is 2.58 bits per heavy atom. The van der Waals surface area contributed by atoms with Crippen molar-refractivity contribution in [1.29, 1.82) is 0 Å². The normalized spacial score (nSPS) is 12.1. The van der Waals surface area contributed by atoms with Crippen LogP contribution >= 0.6 is 11.8 Å². The minimum atomic E-state index is 0.184. The van der Waals surface area contributed by atoms with Gasteiger partial charge in [0.25, 0.3) is 0 Å². The van der Waals surface area contributed by atoms with E-state index in [1.165, 1.54) is 30.2 Å². The molecular weight excluding hydrogens is 252 g/mol.